The molecule has 4 heteroatoms. The monoisotopic (exact) mass is 112 g/mol. The van der Waals surface area contributed by atoms with Crippen LogP contribution >= 0.6 is 0 Å². The summed E-state index contributed by atoms with van der Waals surface area (Å²) >= 11 is 0. The van der Waals surface area contributed by atoms with Crippen LogP contribution in [0, 0.1) is 0 Å². The van der Waals surface area contributed by atoms with E-state index in [-0.39, 0.29) is 12.6 Å². The molecular weight excluding hydrogens is 102 g/mol. The standard InChI is InChI=1S/C4H10B2O2/c1-4(2)3-7-6(5)8-4/h3,5H2,1-2H3. The minimum absolute atomic E-state index is 0.00926. The van der Waals surface area contributed by atoms with E-state index in [2.05, 4.69) is 0 Å². The second-order valence-electron chi connectivity index (χ2n) is 2.76. The highest BCUT2D eigenvalue weighted by atomic mass is 16.6. The van der Waals surface area contributed by atoms with Crippen LogP contribution in [0.4, 0.5) is 0 Å². The van der Waals surface area contributed by atoms with E-state index < -0.39 is 0 Å². The van der Waals surface area contributed by atoms with Gasteiger partial charge in [0, 0.05) is 0 Å². The van der Waals surface area contributed by atoms with Crippen LogP contribution in [0.5, 0.6) is 0 Å². The molecule has 0 unspecified atom stereocenters. The quantitative estimate of drug-likeness (QED) is 0.390. The summed E-state index contributed by atoms with van der Waals surface area (Å²) in [6, 6.07) is 0. The summed E-state index contributed by atoms with van der Waals surface area (Å²) in [5.41, 5.74) is -0.0561. The average Bonchev–Trinajstić information content (AvgIpc) is 1.82. The van der Waals surface area contributed by atoms with Crippen molar-refractivity contribution in [1.29, 1.82) is 0 Å². The fourth-order valence-electron chi connectivity index (χ4n) is 0.835. The third-order valence-electron chi connectivity index (χ3n) is 1.15. The second kappa shape index (κ2) is 1.78. The van der Waals surface area contributed by atoms with Gasteiger partial charge in [-0.15, -0.1) is 0 Å². The van der Waals surface area contributed by atoms with E-state index >= 15 is 0 Å². The predicted molar refractivity (Wildman–Crippen MR) is 35.4 cm³/mol. The van der Waals surface area contributed by atoms with Crippen LogP contribution in [0.25, 0.3) is 0 Å². The van der Waals surface area contributed by atoms with Crippen molar-refractivity contribution < 1.29 is 9.31 Å². The molecule has 8 heavy (non-hydrogen) atoms. The Morgan fingerprint density at radius 3 is 2.38 bits per heavy atom. The Morgan fingerprint density at radius 2 is 2.25 bits per heavy atom. The lowest BCUT2D eigenvalue weighted by atomic mass is 9.63. The summed E-state index contributed by atoms with van der Waals surface area (Å²) in [4.78, 5) is 0. The lowest BCUT2D eigenvalue weighted by Gasteiger charge is -2.14. The molecular formula is C4H10B2O2. The molecule has 1 fully saturated rings. The lowest BCUT2D eigenvalue weighted by molar-refractivity contribution is 0.138. The van der Waals surface area contributed by atoms with E-state index in [0.717, 1.165) is 0 Å². The first-order valence-electron chi connectivity index (χ1n) is 2.90. The van der Waals surface area contributed by atoms with Gasteiger partial charge >= 0.3 is 7.01 Å². The molecule has 0 radical (unpaired) electrons. The molecule has 1 aliphatic heterocycles. The highest BCUT2D eigenvalue weighted by Crippen LogP contribution is 2.17. The smallest absolute Gasteiger partial charge is 0.397 e. The summed E-state index contributed by atoms with van der Waals surface area (Å²) in [5.74, 6) is 0. The van der Waals surface area contributed by atoms with E-state index in [1.807, 2.05) is 21.6 Å². The Labute approximate surface area is 51.1 Å². The van der Waals surface area contributed by atoms with Gasteiger partial charge in [-0.05, 0) is 13.8 Å². The van der Waals surface area contributed by atoms with Gasteiger partial charge in [-0.1, -0.05) is 0 Å². The molecule has 0 saturated carbocycles. The largest absolute Gasteiger partial charge is 0.415 e. The molecule has 0 aromatic heterocycles. The molecule has 1 rings (SSSR count). The maximum atomic E-state index is 5.33. The van der Waals surface area contributed by atoms with E-state index in [0.29, 0.717) is 6.61 Å². The van der Waals surface area contributed by atoms with Crippen LogP contribution < -0.4 is 0 Å². The fourth-order valence-corrected chi connectivity index (χ4v) is 0.835. The average molecular weight is 112 g/mol. The van der Waals surface area contributed by atoms with Crippen molar-refractivity contribution in [1.82, 2.24) is 0 Å². The highest BCUT2D eigenvalue weighted by molar-refractivity contribution is 6.95. The summed E-state index contributed by atoms with van der Waals surface area (Å²) in [7, 11) is 1.90. The third kappa shape index (κ3) is 1.26. The molecule has 1 saturated heterocycles. The number of hydrogen-bond donors (Lipinski definition) is 0. The molecule has 0 aromatic rings. The zero-order valence-corrected chi connectivity index (χ0v) is 5.60. The summed E-state index contributed by atoms with van der Waals surface area (Å²) in [6.07, 6.45) is 0. The van der Waals surface area contributed by atoms with Gasteiger partial charge in [-0.2, -0.15) is 0 Å². The lowest BCUT2D eigenvalue weighted by Crippen LogP contribution is -2.24. The molecule has 0 bridgehead atoms. The molecule has 1 heterocycles. The Hall–Kier alpha value is 0.0499. The van der Waals surface area contributed by atoms with Crippen LogP contribution in [-0.4, -0.2) is 27.0 Å². The Morgan fingerprint density at radius 1 is 1.62 bits per heavy atom. The van der Waals surface area contributed by atoms with Crippen LogP contribution in [0.2, 0.25) is 0 Å². The first kappa shape index (κ1) is 6.17. The van der Waals surface area contributed by atoms with Crippen molar-refractivity contribution in [3.63, 3.8) is 0 Å². The van der Waals surface area contributed by atoms with Crippen molar-refractivity contribution in [2.45, 2.75) is 19.4 Å². The van der Waals surface area contributed by atoms with Crippen LogP contribution in [0.15, 0.2) is 0 Å². The topological polar surface area (TPSA) is 18.5 Å². The van der Waals surface area contributed by atoms with Crippen molar-refractivity contribution in [2.75, 3.05) is 6.61 Å². The number of rotatable bonds is 0. The molecule has 0 N–H and O–H groups in total. The molecule has 1 aliphatic rings. The maximum Gasteiger partial charge on any atom is 0.397 e. The fraction of sp³-hybridized carbons (Fsp3) is 1.00. The van der Waals surface area contributed by atoms with E-state index in [4.69, 9.17) is 9.31 Å². The molecule has 0 amide bonds. The minimum atomic E-state index is -0.0561. The first-order valence-corrected chi connectivity index (χ1v) is 2.90. The van der Waals surface area contributed by atoms with Gasteiger partial charge in [0.25, 0.3) is 0 Å². The highest BCUT2D eigenvalue weighted by Gasteiger charge is 2.31. The zero-order valence-electron chi connectivity index (χ0n) is 5.60. The normalized spacial score (nSPS) is 26.5. The van der Waals surface area contributed by atoms with Crippen molar-refractivity contribution in [3.8, 4) is 0 Å². The number of hydrogen-bond acceptors (Lipinski definition) is 2. The van der Waals surface area contributed by atoms with Crippen molar-refractivity contribution in [3.05, 3.63) is 0 Å². The third-order valence-corrected chi connectivity index (χ3v) is 1.15. The SMILES string of the molecule is BB1OCC(C)(C)O1. The maximum absolute atomic E-state index is 5.33. The van der Waals surface area contributed by atoms with Crippen molar-refractivity contribution >= 4 is 14.7 Å². The molecule has 0 aliphatic carbocycles. The van der Waals surface area contributed by atoms with Gasteiger partial charge in [0.15, 0.2) is 7.74 Å². The first-order chi connectivity index (χ1) is 3.60. The summed E-state index contributed by atoms with van der Waals surface area (Å²) < 4.78 is 10.5. The Balaban J connectivity index is 2.44. The second-order valence-corrected chi connectivity index (χ2v) is 2.76. The van der Waals surface area contributed by atoms with Gasteiger partial charge in [0.05, 0.1) is 12.2 Å². The zero-order chi connectivity index (χ0) is 6.20. The van der Waals surface area contributed by atoms with Gasteiger partial charge in [0.2, 0.25) is 0 Å². The van der Waals surface area contributed by atoms with Gasteiger partial charge in [-0.25, -0.2) is 0 Å². The summed E-state index contributed by atoms with van der Waals surface area (Å²) in [6.45, 7) is 4.77. The van der Waals surface area contributed by atoms with E-state index in [1.54, 1.807) is 0 Å². The molecule has 44 valence electrons. The van der Waals surface area contributed by atoms with Crippen LogP contribution in [-0.2, 0) is 9.31 Å². The van der Waals surface area contributed by atoms with Crippen LogP contribution in [0.3, 0.4) is 0 Å². The van der Waals surface area contributed by atoms with Gasteiger partial charge in [-0.3, -0.25) is 0 Å². The van der Waals surface area contributed by atoms with Crippen LogP contribution in [0.1, 0.15) is 13.8 Å². The molecule has 0 atom stereocenters. The van der Waals surface area contributed by atoms with E-state index in [9.17, 15) is 0 Å². The Kier molecular flexibility index (Phi) is 1.37. The van der Waals surface area contributed by atoms with E-state index in [1.165, 1.54) is 0 Å². The van der Waals surface area contributed by atoms with Gasteiger partial charge in [0.1, 0.15) is 0 Å². The summed E-state index contributed by atoms with van der Waals surface area (Å²) in [5, 5.41) is 0. The molecule has 0 aromatic carbocycles. The molecule has 0 spiro atoms. The Bertz CT molecular complexity index is 94.0. The van der Waals surface area contributed by atoms with Gasteiger partial charge < -0.3 is 9.31 Å². The van der Waals surface area contributed by atoms with Crippen molar-refractivity contribution in [2.24, 2.45) is 0 Å². The predicted octanol–water partition coefficient (Wildman–Crippen LogP) is -0.570. The minimum Gasteiger partial charge on any atom is -0.415 e. The molecule has 2 nitrogen and oxygen atoms in total.